The molecule has 0 amide bonds. The molecule has 0 saturated carbocycles. The van der Waals surface area contributed by atoms with Gasteiger partial charge in [-0.1, -0.05) is 23.2 Å². The van der Waals surface area contributed by atoms with E-state index in [0.29, 0.717) is 0 Å². The van der Waals surface area contributed by atoms with E-state index in [4.69, 9.17) is 23.2 Å². The summed E-state index contributed by atoms with van der Waals surface area (Å²) in [6, 6.07) is 1.34. The van der Waals surface area contributed by atoms with Crippen molar-refractivity contribution in [3.8, 4) is 5.88 Å². The lowest BCUT2D eigenvalue weighted by atomic mass is 10.5. The first kappa shape index (κ1) is 9.22. The molecule has 0 N–H and O–H groups in total. The Kier molecular flexibility index (Phi) is 2.83. The molecule has 0 unspecified atom stereocenters. The van der Waals surface area contributed by atoms with Crippen molar-refractivity contribution in [2.24, 2.45) is 0 Å². The number of nitrogens with zero attached hydrogens (tertiary/aromatic N) is 2. The maximum absolute atomic E-state index is 10.5. The number of ether oxygens (including phenoxy) is 1. The molecule has 4 nitrogen and oxygen atoms in total. The van der Waals surface area contributed by atoms with E-state index in [1.807, 2.05) is 0 Å². The average molecular weight is 207 g/mol. The smallest absolute Gasteiger partial charge is 0.309 e. The lowest BCUT2D eigenvalue weighted by Gasteiger charge is -1.99. The van der Waals surface area contributed by atoms with E-state index in [1.54, 1.807) is 0 Å². The van der Waals surface area contributed by atoms with Crippen LogP contribution in [0.4, 0.5) is 0 Å². The number of halogens is 2. The molecule has 0 radical (unpaired) electrons. The van der Waals surface area contributed by atoms with Gasteiger partial charge in [0.1, 0.15) is 5.02 Å². The van der Waals surface area contributed by atoms with E-state index >= 15 is 0 Å². The van der Waals surface area contributed by atoms with Gasteiger partial charge in [0.25, 0.3) is 5.88 Å². The summed E-state index contributed by atoms with van der Waals surface area (Å²) in [7, 11) is 0. The van der Waals surface area contributed by atoms with Crippen LogP contribution in [0.25, 0.3) is 0 Å². The third-order valence-electron chi connectivity index (χ3n) is 0.927. The second-order valence-corrected chi connectivity index (χ2v) is 2.71. The zero-order chi connectivity index (χ0) is 9.14. The van der Waals surface area contributed by atoms with E-state index < -0.39 is 5.97 Å². The van der Waals surface area contributed by atoms with E-state index in [2.05, 4.69) is 14.9 Å². The summed E-state index contributed by atoms with van der Waals surface area (Å²) in [5, 5.41) is 7.21. The molecule has 0 fully saturated rings. The maximum Gasteiger partial charge on any atom is 0.309 e. The zero-order valence-corrected chi connectivity index (χ0v) is 7.56. The van der Waals surface area contributed by atoms with Crippen molar-refractivity contribution in [3.05, 3.63) is 16.2 Å². The predicted molar refractivity (Wildman–Crippen MR) is 43.4 cm³/mol. The van der Waals surface area contributed by atoms with Gasteiger partial charge in [0, 0.05) is 13.0 Å². The van der Waals surface area contributed by atoms with Crippen molar-refractivity contribution in [1.82, 2.24) is 10.2 Å². The van der Waals surface area contributed by atoms with Crippen LogP contribution in [-0.4, -0.2) is 16.2 Å². The first-order valence-electron chi connectivity index (χ1n) is 2.96. The highest BCUT2D eigenvalue weighted by molar-refractivity contribution is 6.34. The van der Waals surface area contributed by atoms with Gasteiger partial charge < -0.3 is 4.74 Å². The lowest BCUT2D eigenvalue weighted by molar-refractivity contribution is -0.132. The number of rotatable bonds is 1. The Labute approximate surface area is 78.5 Å². The maximum atomic E-state index is 10.5. The summed E-state index contributed by atoms with van der Waals surface area (Å²) in [6.07, 6.45) is 0. The molecule has 1 aromatic rings. The average Bonchev–Trinajstić information content (AvgIpc) is 1.94. The fraction of sp³-hybridized carbons (Fsp3) is 0.167. The van der Waals surface area contributed by atoms with Gasteiger partial charge in [-0.2, -0.15) is 0 Å². The summed E-state index contributed by atoms with van der Waals surface area (Å²) < 4.78 is 4.60. The quantitative estimate of drug-likeness (QED) is 0.657. The molecular formula is C6H4Cl2N2O2. The van der Waals surface area contributed by atoms with E-state index in [1.165, 1.54) is 13.0 Å². The van der Waals surface area contributed by atoms with Crippen molar-refractivity contribution in [3.63, 3.8) is 0 Å². The van der Waals surface area contributed by atoms with Gasteiger partial charge in [0.15, 0.2) is 5.15 Å². The summed E-state index contributed by atoms with van der Waals surface area (Å²) in [6.45, 7) is 1.24. The molecule has 0 aliphatic carbocycles. The minimum Gasteiger partial charge on any atom is -0.404 e. The minimum absolute atomic E-state index is 0.0337. The summed E-state index contributed by atoms with van der Waals surface area (Å²) in [4.78, 5) is 10.5. The normalized spacial score (nSPS) is 9.58. The fourth-order valence-corrected chi connectivity index (χ4v) is 0.924. The monoisotopic (exact) mass is 206 g/mol. The second kappa shape index (κ2) is 3.69. The van der Waals surface area contributed by atoms with Crippen molar-refractivity contribution in [2.75, 3.05) is 0 Å². The molecule has 0 spiro atoms. The molecule has 0 aromatic carbocycles. The molecule has 0 aliphatic rings. The Morgan fingerprint density at radius 3 is 2.67 bits per heavy atom. The van der Waals surface area contributed by atoms with Gasteiger partial charge in [-0.25, -0.2) is 0 Å². The van der Waals surface area contributed by atoms with Crippen LogP contribution in [0.2, 0.25) is 10.2 Å². The van der Waals surface area contributed by atoms with Gasteiger partial charge in [-0.15, -0.1) is 10.2 Å². The van der Waals surface area contributed by atoms with E-state index in [-0.39, 0.29) is 16.1 Å². The van der Waals surface area contributed by atoms with Gasteiger partial charge in [-0.3, -0.25) is 4.79 Å². The SMILES string of the molecule is CC(=O)Oc1nnc(Cl)cc1Cl. The second-order valence-electron chi connectivity index (χ2n) is 1.91. The molecule has 1 rings (SSSR count). The topological polar surface area (TPSA) is 52.1 Å². The fourth-order valence-electron chi connectivity index (χ4n) is 0.541. The van der Waals surface area contributed by atoms with Gasteiger partial charge in [0.05, 0.1) is 0 Å². The van der Waals surface area contributed by atoms with Crippen LogP contribution in [0.3, 0.4) is 0 Å². The van der Waals surface area contributed by atoms with Crippen molar-refractivity contribution in [1.29, 1.82) is 0 Å². The van der Waals surface area contributed by atoms with Crippen LogP contribution in [0.15, 0.2) is 6.07 Å². The number of carbonyl (C=O) groups is 1. The Balaban J connectivity index is 2.93. The first-order valence-corrected chi connectivity index (χ1v) is 3.72. The third-order valence-corrected chi connectivity index (χ3v) is 1.38. The number of esters is 1. The number of hydrogen-bond acceptors (Lipinski definition) is 4. The van der Waals surface area contributed by atoms with Crippen molar-refractivity contribution >= 4 is 29.2 Å². The molecule has 0 bridgehead atoms. The van der Waals surface area contributed by atoms with Gasteiger partial charge >= 0.3 is 5.97 Å². The number of hydrogen-bond donors (Lipinski definition) is 0. The summed E-state index contributed by atoms with van der Waals surface area (Å²) in [5.41, 5.74) is 0. The molecule has 64 valence electrons. The van der Waals surface area contributed by atoms with E-state index in [0.717, 1.165) is 0 Å². The molecule has 0 saturated heterocycles. The molecule has 6 heteroatoms. The van der Waals surface area contributed by atoms with Gasteiger partial charge in [-0.05, 0) is 0 Å². The molecule has 1 heterocycles. The Hall–Kier alpha value is -0.870. The highest BCUT2D eigenvalue weighted by atomic mass is 35.5. The van der Waals surface area contributed by atoms with Crippen LogP contribution < -0.4 is 4.74 Å². The van der Waals surface area contributed by atoms with Crippen LogP contribution >= 0.6 is 23.2 Å². The Bertz CT molecular complexity index is 316. The molecular weight excluding hydrogens is 203 g/mol. The summed E-state index contributed by atoms with van der Waals surface area (Å²) >= 11 is 11.1. The van der Waals surface area contributed by atoms with Crippen LogP contribution in [-0.2, 0) is 4.79 Å². The first-order chi connectivity index (χ1) is 5.59. The third kappa shape index (κ3) is 2.32. The zero-order valence-electron chi connectivity index (χ0n) is 6.04. The molecule has 0 atom stereocenters. The minimum atomic E-state index is -0.506. The number of carbonyl (C=O) groups excluding carboxylic acids is 1. The standard InChI is InChI=1S/C6H4Cl2N2O2/c1-3(11)12-6-4(7)2-5(8)9-10-6/h2H,1H3. The van der Waals surface area contributed by atoms with Crippen LogP contribution in [0, 0.1) is 0 Å². The summed E-state index contributed by atoms with van der Waals surface area (Å²) in [5.74, 6) is -0.540. The molecule has 1 aromatic heterocycles. The predicted octanol–water partition coefficient (Wildman–Crippen LogP) is 1.71. The van der Waals surface area contributed by atoms with Crippen LogP contribution in [0.5, 0.6) is 5.88 Å². The number of aromatic nitrogens is 2. The Morgan fingerprint density at radius 2 is 2.17 bits per heavy atom. The van der Waals surface area contributed by atoms with Crippen molar-refractivity contribution in [2.45, 2.75) is 6.92 Å². The van der Waals surface area contributed by atoms with Crippen molar-refractivity contribution < 1.29 is 9.53 Å². The van der Waals surface area contributed by atoms with Crippen LogP contribution in [0.1, 0.15) is 6.92 Å². The van der Waals surface area contributed by atoms with Gasteiger partial charge in [0.2, 0.25) is 0 Å². The highest BCUT2D eigenvalue weighted by Crippen LogP contribution is 2.22. The molecule has 12 heavy (non-hydrogen) atoms. The van der Waals surface area contributed by atoms with E-state index in [9.17, 15) is 4.79 Å². The molecule has 0 aliphatic heterocycles. The largest absolute Gasteiger partial charge is 0.404 e. The highest BCUT2D eigenvalue weighted by Gasteiger charge is 2.06. The lowest BCUT2D eigenvalue weighted by Crippen LogP contribution is -2.04. The Morgan fingerprint density at radius 1 is 1.50 bits per heavy atom.